The number of hydrogen-bond donors (Lipinski definition) is 0. The molecule has 0 aliphatic rings. The molecule has 0 aliphatic carbocycles. The molecule has 0 atom stereocenters. The Balaban J connectivity index is 1.34. The number of nitrogens with zero attached hydrogens (tertiary/aromatic N) is 2. The van der Waals surface area contributed by atoms with Gasteiger partial charge >= 0.3 is 0 Å². The van der Waals surface area contributed by atoms with Gasteiger partial charge in [0.15, 0.2) is 5.82 Å². The third-order valence-corrected chi connectivity index (χ3v) is 7.86. The number of para-hydroxylation sites is 2. The van der Waals surface area contributed by atoms with Gasteiger partial charge in [0.2, 0.25) is 0 Å². The van der Waals surface area contributed by atoms with Crippen LogP contribution in [0, 0.1) is 0 Å². The largest absolute Gasteiger partial charge is 0.455 e. The van der Waals surface area contributed by atoms with E-state index in [1.165, 1.54) is 0 Å². The first kappa shape index (κ1) is 21.5. The molecule has 0 fully saturated rings. The average molecular weight is 513 g/mol. The van der Waals surface area contributed by atoms with Crippen molar-refractivity contribution in [2.75, 3.05) is 0 Å². The van der Waals surface area contributed by atoms with Crippen molar-refractivity contribution in [2.24, 2.45) is 0 Å². The summed E-state index contributed by atoms with van der Waals surface area (Å²) in [4.78, 5) is 10.0. The Labute approximate surface area is 228 Å². The van der Waals surface area contributed by atoms with Gasteiger partial charge in [-0.3, -0.25) is 0 Å². The zero-order valence-corrected chi connectivity index (χ0v) is 21.3. The molecule has 3 heterocycles. The van der Waals surface area contributed by atoms with Gasteiger partial charge in [-0.1, -0.05) is 97.1 Å². The fourth-order valence-corrected chi connectivity index (χ4v) is 6.06. The van der Waals surface area contributed by atoms with E-state index < -0.39 is 0 Å². The number of rotatable bonds is 2. The first-order chi connectivity index (χ1) is 19.8. The zero-order valence-electron chi connectivity index (χ0n) is 21.3. The highest BCUT2D eigenvalue weighted by Gasteiger charge is 2.21. The molecule has 0 bridgehead atoms. The van der Waals surface area contributed by atoms with Crippen LogP contribution in [0.5, 0.6) is 0 Å². The second-order valence-electron chi connectivity index (χ2n) is 10.1. The van der Waals surface area contributed by atoms with Crippen LogP contribution in [-0.4, -0.2) is 9.97 Å². The van der Waals surface area contributed by atoms with E-state index in [1.54, 1.807) is 0 Å². The van der Waals surface area contributed by atoms with Gasteiger partial charge in [-0.05, 0) is 29.7 Å². The van der Waals surface area contributed by atoms with Gasteiger partial charge in [-0.2, -0.15) is 0 Å². The van der Waals surface area contributed by atoms with Crippen molar-refractivity contribution >= 4 is 65.6 Å². The van der Waals surface area contributed by atoms with Crippen LogP contribution in [-0.2, 0) is 0 Å². The van der Waals surface area contributed by atoms with Crippen molar-refractivity contribution in [1.29, 1.82) is 0 Å². The topological polar surface area (TPSA) is 52.1 Å². The molecule has 4 heteroatoms. The Morgan fingerprint density at radius 3 is 1.98 bits per heavy atom. The van der Waals surface area contributed by atoms with Crippen molar-refractivity contribution in [3.63, 3.8) is 0 Å². The van der Waals surface area contributed by atoms with Gasteiger partial charge in [-0.15, -0.1) is 0 Å². The monoisotopic (exact) mass is 512 g/mol. The molecule has 9 aromatic rings. The number of furan rings is 2. The predicted octanol–water partition coefficient (Wildman–Crippen LogP) is 9.92. The van der Waals surface area contributed by atoms with Crippen molar-refractivity contribution in [2.45, 2.75) is 0 Å². The minimum Gasteiger partial charge on any atom is -0.455 e. The normalized spacial score (nSPS) is 12.0. The zero-order chi connectivity index (χ0) is 26.2. The van der Waals surface area contributed by atoms with Crippen LogP contribution in [0.25, 0.3) is 88.2 Å². The maximum absolute atomic E-state index is 6.62. The summed E-state index contributed by atoms with van der Waals surface area (Å²) in [6.07, 6.45) is 0. The van der Waals surface area contributed by atoms with Gasteiger partial charge in [0, 0.05) is 38.1 Å². The van der Waals surface area contributed by atoms with E-state index in [0.717, 1.165) is 82.4 Å². The van der Waals surface area contributed by atoms with E-state index in [0.29, 0.717) is 5.82 Å². The number of aromatic nitrogens is 2. The molecule has 0 amide bonds. The number of benzene rings is 6. The highest BCUT2D eigenvalue weighted by Crippen LogP contribution is 2.45. The van der Waals surface area contributed by atoms with Crippen molar-refractivity contribution in [3.8, 4) is 22.6 Å². The molecule has 0 saturated carbocycles. The van der Waals surface area contributed by atoms with E-state index in [1.807, 2.05) is 48.5 Å². The van der Waals surface area contributed by atoms with Crippen LogP contribution in [0.4, 0.5) is 0 Å². The minimum absolute atomic E-state index is 0.665. The van der Waals surface area contributed by atoms with Gasteiger partial charge in [0.05, 0.1) is 16.6 Å². The number of hydrogen-bond acceptors (Lipinski definition) is 4. The highest BCUT2D eigenvalue weighted by molar-refractivity contribution is 6.33. The van der Waals surface area contributed by atoms with E-state index >= 15 is 0 Å². The Bertz CT molecular complexity index is 2430. The fourth-order valence-electron chi connectivity index (χ4n) is 6.06. The highest BCUT2D eigenvalue weighted by atomic mass is 16.3. The second kappa shape index (κ2) is 8.01. The Hall–Kier alpha value is -5.48. The molecule has 186 valence electrons. The predicted molar refractivity (Wildman–Crippen MR) is 162 cm³/mol. The Morgan fingerprint density at radius 1 is 0.425 bits per heavy atom. The van der Waals surface area contributed by atoms with Crippen LogP contribution in [0.1, 0.15) is 0 Å². The van der Waals surface area contributed by atoms with E-state index in [-0.39, 0.29) is 0 Å². The average Bonchev–Trinajstić information content (AvgIpc) is 3.60. The third kappa shape index (κ3) is 2.96. The van der Waals surface area contributed by atoms with E-state index in [2.05, 4.69) is 72.8 Å². The van der Waals surface area contributed by atoms with Crippen molar-refractivity contribution in [3.05, 3.63) is 121 Å². The summed E-state index contributed by atoms with van der Waals surface area (Å²) in [6.45, 7) is 0. The summed E-state index contributed by atoms with van der Waals surface area (Å²) in [7, 11) is 0. The van der Waals surface area contributed by atoms with Crippen LogP contribution in [0.2, 0.25) is 0 Å². The molecule has 0 aliphatic heterocycles. The fraction of sp³-hybridized carbons (Fsp3) is 0. The lowest BCUT2D eigenvalue weighted by Gasteiger charge is -2.09. The molecule has 9 rings (SSSR count). The lowest BCUT2D eigenvalue weighted by molar-refractivity contribution is 0.665. The molecule has 40 heavy (non-hydrogen) atoms. The molecule has 6 aromatic carbocycles. The molecule has 3 aromatic heterocycles. The SMILES string of the molecule is c1ccc(-c2nc(-c3ccc4c(c3)oc3c5ccccc5c5c6ccccc6oc5c43)nc3ccccc23)cc1. The van der Waals surface area contributed by atoms with Crippen LogP contribution in [0.15, 0.2) is 130 Å². The van der Waals surface area contributed by atoms with Crippen molar-refractivity contribution in [1.82, 2.24) is 9.97 Å². The second-order valence-corrected chi connectivity index (χ2v) is 10.1. The molecule has 0 N–H and O–H groups in total. The van der Waals surface area contributed by atoms with Gasteiger partial charge in [0.25, 0.3) is 0 Å². The first-order valence-corrected chi connectivity index (χ1v) is 13.3. The van der Waals surface area contributed by atoms with Gasteiger partial charge < -0.3 is 8.83 Å². The Kier molecular flexibility index (Phi) is 4.30. The summed E-state index contributed by atoms with van der Waals surface area (Å²) in [5, 5.41) is 7.46. The summed E-state index contributed by atoms with van der Waals surface area (Å²) in [5.41, 5.74) is 7.13. The van der Waals surface area contributed by atoms with E-state index in [9.17, 15) is 0 Å². The lowest BCUT2D eigenvalue weighted by atomic mass is 9.99. The maximum atomic E-state index is 6.62. The summed E-state index contributed by atoms with van der Waals surface area (Å²) in [6, 6.07) is 41.3. The van der Waals surface area contributed by atoms with Crippen LogP contribution in [0.3, 0.4) is 0 Å². The smallest absolute Gasteiger partial charge is 0.160 e. The van der Waals surface area contributed by atoms with E-state index in [4.69, 9.17) is 18.8 Å². The molecule has 0 unspecified atom stereocenters. The van der Waals surface area contributed by atoms with Crippen LogP contribution >= 0.6 is 0 Å². The molecule has 0 saturated heterocycles. The molecule has 0 radical (unpaired) electrons. The van der Waals surface area contributed by atoms with Crippen LogP contribution < -0.4 is 0 Å². The summed E-state index contributed by atoms with van der Waals surface area (Å²) in [5.74, 6) is 0.665. The first-order valence-electron chi connectivity index (χ1n) is 13.3. The van der Waals surface area contributed by atoms with Gasteiger partial charge in [-0.25, -0.2) is 9.97 Å². The van der Waals surface area contributed by atoms with Crippen molar-refractivity contribution < 1.29 is 8.83 Å². The maximum Gasteiger partial charge on any atom is 0.160 e. The molecular formula is C36H20N2O2. The lowest BCUT2D eigenvalue weighted by Crippen LogP contribution is -1.95. The summed E-state index contributed by atoms with van der Waals surface area (Å²) < 4.78 is 13.1. The van der Waals surface area contributed by atoms with Gasteiger partial charge in [0.1, 0.15) is 22.3 Å². The molecular weight excluding hydrogens is 492 g/mol. The number of fused-ring (bicyclic) bond motifs is 11. The summed E-state index contributed by atoms with van der Waals surface area (Å²) >= 11 is 0. The minimum atomic E-state index is 0.665. The Morgan fingerprint density at radius 2 is 1.10 bits per heavy atom. The quantitative estimate of drug-likeness (QED) is 0.231. The molecule has 4 nitrogen and oxygen atoms in total. The standard InChI is InChI=1S/C36H20N2O2/c1-2-10-21(11-3-1)33-25-14-6-8-16-28(25)37-36(38-33)22-18-19-27-30(20-22)40-34-24-13-5-4-12-23(24)31-26-15-7-9-17-29(26)39-35(31)32(27)34/h1-20H. The third-order valence-electron chi connectivity index (χ3n) is 7.86. The molecule has 0 spiro atoms.